The van der Waals surface area contributed by atoms with Crippen molar-refractivity contribution in [2.24, 2.45) is 5.92 Å². The Morgan fingerprint density at radius 1 is 0.844 bits per heavy atom. The summed E-state index contributed by atoms with van der Waals surface area (Å²) in [5, 5.41) is 22.1. The Morgan fingerprint density at radius 3 is 1.69 bits per heavy atom. The van der Waals surface area contributed by atoms with E-state index in [1.807, 2.05) is 60.7 Å². The monoisotopic (exact) mass is 432 g/mol. The summed E-state index contributed by atoms with van der Waals surface area (Å²) >= 11 is 0. The maximum Gasteiger partial charge on any atom is 0.269 e. The number of nitrogens with zero attached hydrogens (tertiary/aromatic N) is 4. The SMILES string of the molecule is [C-]#[N+]/C(C#N)=C(\C(=C(/C#N)[N+]#[C-])P(=C=C)(c1ccccc1)c1ccccc1)C1CCCC1. The first kappa shape index (κ1) is 22.6. The molecule has 0 unspecified atom stereocenters. The Labute approximate surface area is 189 Å². The second-order valence-corrected chi connectivity index (χ2v) is 10.5. The number of rotatable bonds is 5. The lowest BCUT2D eigenvalue weighted by Crippen LogP contribution is -2.22. The molecule has 2 aromatic rings. The van der Waals surface area contributed by atoms with Crippen LogP contribution < -0.4 is 10.6 Å². The summed E-state index contributed by atoms with van der Waals surface area (Å²) < 4.78 is 0. The first-order valence-corrected chi connectivity index (χ1v) is 12.1. The first-order chi connectivity index (χ1) is 15.7. The number of allylic oxidation sites excluding steroid dienone is 4. The highest BCUT2D eigenvalue weighted by Gasteiger charge is 2.37. The van der Waals surface area contributed by atoms with Gasteiger partial charge in [0.2, 0.25) is 0 Å². The van der Waals surface area contributed by atoms with Gasteiger partial charge in [-0.3, -0.25) is 0 Å². The molecule has 1 saturated carbocycles. The Bertz CT molecular complexity index is 1240. The number of benzene rings is 2. The van der Waals surface area contributed by atoms with E-state index in [1.54, 1.807) is 0 Å². The fraction of sp³-hybridized carbons (Fsp3) is 0.185. The third-order valence-electron chi connectivity index (χ3n) is 5.79. The molecule has 32 heavy (non-hydrogen) atoms. The highest BCUT2D eigenvalue weighted by atomic mass is 31.2. The molecule has 5 heteroatoms. The summed E-state index contributed by atoms with van der Waals surface area (Å²) in [6.45, 7) is 16.8. The van der Waals surface area contributed by atoms with Crippen LogP contribution in [0.3, 0.4) is 0 Å². The lowest BCUT2D eigenvalue weighted by Gasteiger charge is -2.32. The van der Waals surface area contributed by atoms with Gasteiger partial charge in [-0.05, 0) is 34.9 Å². The lowest BCUT2D eigenvalue weighted by atomic mass is 9.94. The summed E-state index contributed by atoms with van der Waals surface area (Å²) in [5.74, 6) is -0.0565. The molecule has 0 radical (unpaired) electrons. The van der Waals surface area contributed by atoms with Crippen molar-refractivity contribution in [3.63, 3.8) is 0 Å². The van der Waals surface area contributed by atoms with E-state index in [0.29, 0.717) is 10.9 Å². The Kier molecular flexibility index (Phi) is 7.30. The number of hydrogen-bond acceptors (Lipinski definition) is 2. The lowest BCUT2D eigenvalue weighted by molar-refractivity contribution is 0.652. The van der Waals surface area contributed by atoms with E-state index >= 15 is 0 Å². The van der Waals surface area contributed by atoms with Crippen LogP contribution in [0.4, 0.5) is 0 Å². The smallest absolute Gasteiger partial charge is 0.226 e. The van der Waals surface area contributed by atoms with Crippen molar-refractivity contribution in [3.8, 4) is 12.1 Å². The highest BCUT2D eigenvalue weighted by molar-refractivity contribution is 7.91. The van der Waals surface area contributed by atoms with E-state index in [9.17, 15) is 10.5 Å². The van der Waals surface area contributed by atoms with Crippen molar-refractivity contribution in [2.75, 3.05) is 0 Å². The molecule has 0 amide bonds. The third-order valence-corrected chi connectivity index (χ3v) is 9.54. The average molecular weight is 432 g/mol. The third kappa shape index (κ3) is 3.95. The number of nitriles is 2. The fourth-order valence-corrected chi connectivity index (χ4v) is 8.07. The van der Waals surface area contributed by atoms with Crippen LogP contribution >= 0.6 is 6.89 Å². The molecule has 154 valence electrons. The van der Waals surface area contributed by atoms with Crippen molar-refractivity contribution >= 4 is 22.9 Å². The van der Waals surface area contributed by atoms with E-state index in [0.717, 1.165) is 36.3 Å². The van der Waals surface area contributed by atoms with Gasteiger partial charge in [0.1, 0.15) is 0 Å². The largest absolute Gasteiger partial charge is 0.269 e. The van der Waals surface area contributed by atoms with Crippen molar-refractivity contribution in [3.05, 3.63) is 112 Å². The van der Waals surface area contributed by atoms with Crippen LogP contribution in [0.5, 0.6) is 0 Å². The molecule has 0 aromatic heterocycles. The predicted molar refractivity (Wildman–Crippen MR) is 130 cm³/mol. The molecule has 1 fully saturated rings. The van der Waals surface area contributed by atoms with Gasteiger partial charge in [-0.1, -0.05) is 80.1 Å². The van der Waals surface area contributed by atoms with Gasteiger partial charge in [0.05, 0.1) is 25.3 Å². The maximum atomic E-state index is 10.0. The van der Waals surface area contributed by atoms with Crippen LogP contribution in [-0.2, 0) is 0 Å². The van der Waals surface area contributed by atoms with Gasteiger partial charge < -0.3 is 0 Å². The van der Waals surface area contributed by atoms with Crippen LogP contribution in [-0.4, -0.2) is 5.45 Å². The van der Waals surface area contributed by atoms with Gasteiger partial charge in [-0.15, -0.1) is 5.45 Å². The molecule has 0 N–H and O–H groups in total. The molecule has 0 bridgehead atoms. The zero-order chi connectivity index (χ0) is 23.0. The fourth-order valence-electron chi connectivity index (χ4n) is 4.43. The predicted octanol–water partition coefficient (Wildman–Crippen LogP) is 5.78. The Morgan fingerprint density at radius 2 is 1.31 bits per heavy atom. The molecular formula is C27H21N4P. The van der Waals surface area contributed by atoms with Gasteiger partial charge in [0.15, 0.2) is 0 Å². The van der Waals surface area contributed by atoms with Gasteiger partial charge in [-0.2, -0.15) is 0 Å². The van der Waals surface area contributed by atoms with Crippen LogP contribution in [0.2, 0.25) is 0 Å². The Hall–Kier alpha value is -4.04. The van der Waals surface area contributed by atoms with Crippen LogP contribution in [0.15, 0.2) is 89.5 Å². The minimum atomic E-state index is -2.84. The molecule has 0 atom stereocenters. The van der Waals surface area contributed by atoms with Crippen molar-refractivity contribution < 1.29 is 0 Å². The number of hydrogen-bond donors (Lipinski definition) is 0. The van der Waals surface area contributed by atoms with E-state index in [2.05, 4.69) is 33.9 Å². The first-order valence-electron chi connectivity index (χ1n) is 10.3. The summed E-state index contributed by atoms with van der Waals surface area (Å²) in [6.07, 6.45) is 3.60. The Balaban J connectivity index is 2.60. The van der Waals surface area contributed by atoms with Crippen LogP contribution in [0, 0.1) is 41.7 Å². The molecule has 0 aliphatic heterocycles. The second-order valence-electron chi connectivity index (χ2n) is 7.39. The summed E-state index contributed by atoms with van der Waals surface area (Å²) in [7, 11) is 0. The summed E-state index contributed by atoms with van der Waals surface area (Å²) in [4.78, 5) is 7.15. The van der Waals surface area contributed by atoms with Gasteiger partial charge in [0.25, 0.3) is 11.4 Å². The van der Waals surface area contributed by atoms with E-state index in [1.165, 1.54) is 0 Å². The zero-order valence-electron chi connectivity index (χ0n) is 17.6. The van der Waals surface area contributed by atoms with E-state index < -0.39 is 6.89 Å². The quantitative estimate of drug-likeness (QED) is 0.260. The molecular weight excluding hydrogens is 411 g/mol. The molecule has 3 rings (SSSR count). The molecule has 0 saturated heterocycles. The maximum absolute atomic E-state index is 10.0. The molecule has 1 aliphatic carbocycles. The standard InChI is InChI=1S/C27H21N4P/c1-4-32(22-15-7-5-8-16-22,23-17-9-6-10-18-23)27(25(20-29)31-3)26(24(19-28)30-2)21-13-11-12-14-21/h5-10,15-18,21H,1,11-14H2/b26-24-,27-25-. The van der Waals surface area contributed by atoms with Gasteiger partial charge in [-0.25, -0.2) is 20.2 Å². The van der Waals surface area contributed by atoms with Crippen LogP contribution in [0.1, 0.15) is 25.7 Å². The summed E-state index contributed by atoms with van der Waals surface area (Å²) in [5.41, 5.74) is 3.66. The zero-order valence-corrected chi connectivity index (χ0v) is 18.5. The molecule has 0 heterocycles. The molecule has 4 nitrogen and oxygen atoms in total. The summed E-state index contributed by atoms with van der Waals surface area (Å²) in [6, 6.07) is 23.4. The van der Waals surface area contributed by atoms with Crippen molar-refractivity contribution in [1.29, 1.82) is 10.5 Å². The molecule has 1 aliphatic rings. The normalized spacial score (nSPS) is 15.1. The van der Waals surface area contributed by atoms with E-state index in [4.69, 9.17) is 13.1 Å². The minimum Gasteiger partial charge on any atom is -0.226 e. The average Bonchev–Trinajstić information content (AvgIpc) is 3.39. The molecule has 2 aromatic carbocycles. The van der Waals surface area contributed by atoms with Crippen LogP contribution in [0.25, 0.3) is 9.69 Å². The highest BCUT2D eigenvalue weighted by Crippen LogP contribution is 2.59. The second kappa shape index (κ2) is 10.3. The van der Waals surface area contributed by atoms with Crippen molar-refractivity contribution in [2.45, 2.75) is 25.7 Å². The topological polar surface area (TPSA) is 56.3 Å². The van der Waals surface area contributed by atoms with Crippen molar-refractivity contribution in [1.82, 2.24) is 0 Å². The van der Waals surface area contributed by atoms with Gasteiger partial charge in [0, 0.05) is 12.2 Å². The van der Waals surface area contributed by atoms with E-state index in [-0.39, 0.29) is 17.3 Å². The molecule has 0 spiro atoms. The minimum absolute atomic E-state index is 0.0465. The van der Waals surface area contributed by atoms with Gasteiger partial charge >= 0.3 is 0 Å².